The number of carbonyl (C=O) groups is 2. The van der Waals surface area contributed by atoms with Gasteiger partial charge < -0.3 is 20.4 Å². The van der Waals surface area contributed by atoms with Crippen molar-refractivity contribution in [3.63, 3.8) is 0 Å². The number of nitrogens with one attached hydrogen (secondary N) is 2. The third-order valence-electron chi connectivity index (χ3n) is 5.32. The number of hydrogen-bond acceptors (Lipinski definition) is 5. The van der Waals surface area contributed by atoms with E-state index in [9.17, 15) is 9.59 Å². The molecule has 2 aromatic carbocycles. The number of anilines is 2. The van der Waals surface area contributed by atoms with Crippen LogP contribution in [0.4, 0.5) is 11.4 Å². The summed E-state index contributed by atoms with van der Waals surface area (Å²) < 4.78 is 0. The zero-order valence-electron chi connectivity index (χ0n) is 17.8. The molecule has 1 aliphatic rings. The molecule has 2 heterocycles. The SMILES string of the molecule is O=C(Cc1ccc(Cl)cc1)NC(=S)Nc1ccc(N2CCN(C(=O)c3cccs3)CC2)cc1. The fraction of sp³-hybridized carbons (Fsp3) is 0.208. The van der Waals surface area contributed by atoms with E-state index in [-0.39, 0.29) is 23.3 Å². The number of halogens is 1. The zero-order valence-corrected chi connectivity index (χ0v) is 20.2. The Morgan fingerprint density at radius 1 is 0.970 bits per heavy atom. The standard InChI is InChI=1S/C24H23ClN4O2S2/c25-18-5-3-17(4-6-18)16-22(30)27-24(32)26-19-7-9-20(10-8-19)28-11-13-29(14-12-28)23(31)21-2-1-15-33-21/h1-10,15H,11-14,16H2,(H2,26,27,30,32). The Kier molecular flexibility index (Phi) is 7.59. The fourth-order valence-corrected chi connectivity index (χ4v) is 4.65. The first-order chi connectivity index (χ1) is 16.0. The van der Waals surface area contributed by atoms with E-state index in [1.165, 1.54) is 11.3 Å². The van der Waals surface area contributed by atoms with Gasteiger partial charge in [-0.15, -0.1) is 11.3 Å². The number of rotatable bonds is 5. The minimum Gasteiger partial charge on any atom is -0.368 e. The molecule has 0 radical (unpaired) electrons. The highest BCUT2D eigenvalue weighted by Gasteiger charge is 2.22. The van der Waals surface area contributed by atoms with E-state index >= 15 is 0 Å². The number of thiocarbonyl (C=S) groups is 1. The normalized spacial score (nSPS) is 13.5. The van der Waals surface area contributed by atoms with Gasteiger partial charge in [0.05, 0.1) is 11.3 Å². The molecular weight excluding hydrogens is 476 g/mol. The number of nitrogens with zero attached hydrogens (tertiary/aromatic N) is 2. The summed E-state index contributed by atoms with van der Waals surface area (Å²) in [6.07, 6.45) is 0.221. The van der Waals surface area contributed by atoms with Crippen LogP contribution >= 0.6 is 35.2 Å². The first-order valence-electron chi connectivity index (χ1n) is 10.5. The van der Waals surface area contributed by atoms with Crippen LogP contribution in [0.2, 0.25) is 5.02 Å². The van der Waals surface area contributed by atoms with Gasteiger partial charge in [-0.3, -0.25) is 9.59 Å². The minimum absolute atomic E-state index is 0.107. The predicted octanol–water partition coefficient (Wildman–Crippen LogP) is 4.42. The first-order valence-corrected chi connectivity index (χ1v) is 12.2. The molecule has 3 aromatic rings. The molecule has 4 rings (SSSR count). The van der Waals surface area contributed by atoms with Crippen molar-refractivity contribution in [3.8, 4) is 0 Å². The second-order valence-electron chi connectivity index (χ2n) is 7.61. The number of amides is 2. The van der Waals surface area contributed by atoms with Gasteiger partial charge in [-0.2, -0.15) is 0 Å². The van der Waals surface area contributed by atoms with Crippen molar-refractivity contribution >= 4 is 63.5 Å². The van der Waals surface area contributed by atoms with Crippen molar-refractivity contribution in [2.24, 2.45) is 0 Å². The molecule has 0 spiro atoms. The first kappa shape index (κ1) is 23.2. The molecule has 2 N–H and O–H groups in total. The molecule has 2 amide bonds. The van der Waals surface area contributed by atoms with Crippen molar-refractivity contribution in [1.82, 2.24) is 10.2 Å². The van der Waals surface area contributed by atoms with Gasteiger partial charge in [-0.05, 0) is 65.6 Å². The van der Waals surface area contributed by atoms with Crippen LogP contribution in [-0.2, 0) is 11.2 Å². The smallest absolute Gasteiger partial charge is 0.264 e. The second kappa shape index (κ2) is 10.8. The molecule has 1 aromatic heterocycles. The predicted molar refractivity (Wildman–Crippen MR) is 138 cm³/mol. The van der Waals surface area contributed by atoms with Gasteiger partial charge in [-0.1, -0.05) is 29.8 Å². The van der Waals surface area contributed by atoms with Gasteiger partial charge >= 0.3 is 0 Å². The maximum absolute atomic E-state index is 12.5. The van der Waals surface area contributed by atoms with Crippen LogP contribution < -0.4 is 15.5 Å². The molecular formula is C24H23ClN4O2S2. The van der Waals surface area contributed by atoms with Gasteiger partial charge in [0.2, 0.25) is 5.91 Å². The minimum atomic E-state index is -0.193. The average molecular weight is 499 g/mol. The summed E-state index contributed by atoms with van der Waals surface area (Å²) in [6, 6.07) is 18.8. The van der Waals surface area contributed by atoms with Gasteiger partial charge in [0.25, 0.3) is 5.91 Å². The molecule has 6 nitrogen and oxygen atoms in total. The molecule has 1 fully saturated rings. The third kappa shape index (κ3) is 6.31. The van der Waals surface area contributed by atoms with E-state index in [1.54, 1.807) is 12.1 Å². The summed E-state index contributed by atoms with van der Waals surface area (Å²) in [5.74, 6) is -0.0859. The van der Waals surface area contributed by atoms with E-state index in [1.807, 2.05) is 58.8 Å². The highest BCUT2D eigenvalue weighted by Crippen LogP contribution is 2.21. The Morgan fingerprint density at radius 2 is 1.67 bits per heavy atom. The molecule has 33 heavy (non-hydrogen) atoms. The summed E-state index contributed by atoms with van der Waals surface area (Å²) in [5, 5.41) is 8.55. The lowest BCUT2D eigenvalue weighted by molar-refractivity contribution is -0.119. The molecule has 0 unspecified atom stereocenters. The number of carbonyl (C=O) groups excluding carboxylic acids is 2. The van der Waals surface area contributed by atoms with Crippen molar-refractivity contribution < 1.29 is 9.59 Å². The summed E-state index contributed by atoms with van der Waals surface area (Å²) in [5.41, 5.74) is 2.74. The van der Waals surface area contributed by atoms with E-state index in [0.717, 1.165) is 34.9 Å². The summed E-state index contributed by atoms with van der Waals surface area (Å²) in [4.78, 5) is 29.7. The molecule has 9 heteroatoms. The Hall–Kier alpha value is -2.94. The topological polar surface area (TPSA) is 64.7 Å². The largest absolute Gasteiger partial charge is 0.368 e. The molecule has 0 atom stereocenters. The lowest BCUT2D eigenvalue weighted by Gasteiger charge is -2.36. The number of thiophene rings is 1. The van der Waals surface area contributed by atoms with Crippen LogP contribution in [0.3, 0.4) is 0 Å². The summed E-state index contributed by atoms with van der Waals surface area (Å²) in [6.45, 7) is 2.95. The Balaban J connectivity index is 1.24. The van der Waals surface area contributed by atoms with Crippen molar-refractivity contribution in [2.45, 2.75) is 6.42 Å². The Morgan fingerprint density at radius 3 is 2.30 bits per heavy atom. The van der Waals surface area contributed by atoms with Crippen molar-refractivity contribution in [2.75, 3.05) is 36.4 Å². The van der Waals surface area contributed by atoms with Crippen molar-refractivity contribution in [1.29, 1.82) is 0 Å². The average Bonchev–Trinajstić information content (AvgIpc) is 3.36. The van der Waals surface area contributed by atoms with Crippen LogP contribution in [0.1, 0.15) is 15.2 Å². The molecule has 0 bridgehead atoms. The van der Waals surface area contributed by atoms with E-state index in [0.29, 0.717) is 18.1 Å². The van der Waals surface area contributed by atoms with Gasteiger partial charge in [0.1, 0.15) is 0 Å². The molecule has 0 aliphatic carbocycles. The highest BCUT2D eigenvalue weighted by molar-refractivity contribution is 7.80. The highest BCUT2D eigenvalue weighted by atomic mass is 35.5. The van der Waals surface area contributed by atoms with Gasteiger partial charge in [0.15, 0.2) is 5.11 Å². The molecule has 170 valence electrons. The lowest BCUT2D eigenvalue weighted by atomic mass is 10.1. The van der Waals surface area contributed by atoms with Crippen LogP contribution in [0, 0.1) is 0 Å². The van der Waals surface area contributed by atoms with Crippen LogP contribution in [0.5, 0.6) is 0 Å². The Labute approximate surface area is 207 Å². The van der Waals surface area contributed by atoms with Crippen LogP contribution in [0.15, 0.2) is 66.0 Å². The zero-order chi connectivity index (χ0) is 23.2. The lowest BCUT2D eigenvalue weighted by Crippen LogP contribution is -2.48. The van der Waals surface area contributed by atoms with Gasteiger partial charge in [0, 0.05) is 42.6 Å². The van der Waals surface area contributed by atoms with E-state index < -0.39 is 0 Å². The number of piperazine rings is 1. The van der Waals surface area contributed by atoms with E-state index in [4.69, 9.17) is 23.8 Å². The van der Waals surface area contributed by atoms with Gasteiger partial charge in [-0.25, -0.2) is 0 Å². The van der Waals surface area contributed by atoms with Crippen LogP contribution in [-0.4, -0.2) is 48.0 Å². The second-order valence-corrected chi connectivity index (χ2v) is 9.40. The summed E-state index contributed by atoms with van der Waals surface area (Å²) in [7, 11) is 0. The monoisotopic (exact) mass is 498 g/mol. The Bertz CT molecular complexity index is 1110. The number of hydrogen-bond donors (Lipinski definition) is 2. The quantitative estimate of drug-likeness (QED) is 0.510. The molecule has 1 saturated heterocycles. The maximum Gasteiger partial charge on any atom is 0.264 e. The molecule has 0 saturated carbocycles. The third-order valence-corrected chi connectivity index (χ3v) is 6.63. The summed E-state index contributed by atoms with van der Waals surface area (Å²) >= 11 is 12.6. The fourth-order valence-electron chi connectivity index (χ4n) is 3.60. The van der Waals surface area contributed by atoms with E-state index in [2.05, 4.69) is 15.5 Å². The maximum atomic E-state index is 12.5. The van der Waals surface area contributed by atoms with Crippen LogP contribution in [0.25, 0.3) is 0 Å². The number of benzene rings is 2. The molecule has 1 aliphatic heterocycles. The van der Waals surface area contributed by atoms with Crippen molar-refractivity contribution in [3.05, 3.63) is 81.5 Å².